The fourth-order valence-corrected chi connectivity index (χ4v) is 5.16. The number of aliphatic hydroxyl groups is 1. The molecule has 0 unspecified atom stereocenters. The summed E-state index contributed by atoms with van der Waals surface area (Å²) < 4.78 is 13.4. The van der Waals surface area contributed by atoms with Crippen molar-refractivity contribution in [3.05, 3.63) is 77.2 Å². The molecule has 186 valence electrons. The number of nitrogens with one attached hydrogen (secondary N) is 2. The van der Waals surface area contributed by atoms with Gasteiger partial charge in [-0.15, -0.1) is 0 Å². The van der Waals surface area contributed by atoms with Gasteiger partial charge >= 0.3 is 0 Å². The molecule has 0 aliphatic carbocycles. The number of hydrogen-bond donors (Lipinski definition) is 4. The molecular weight excluding hydrogens is 457 g/mol. The molecule has 4 aromatic rings. The molecule has 2 aromatic carbocycles. The highest BCUT2D eigenvalue weighted by atomic mass is 19.1. The van der Waals surface area contributed by atoms with Gasteiger partial charge in [-0.05, 0) is 78.9 Å². The minimum Gasteiger partial charge on any atom is -0.395 e. The lowest BCUT2D eigenvalue weighted by molar-refractivity contribution is 0.100. The van der Waals surface area contributed by atoms with Crippen molar-refractivity contribution in [3.63, 3.8) is 0 Å². The number of amides is 1. The monoisotopic (exact) mass is 487 g/mol. The van der Waals surface area contributed by atoms with E-state index in [4.69, 9.17) is 5.73 Å². The number of likely N-dealkylation sites (tertiary alicyclic amines) is 1. The number of nitrogens with zero attached hydrogens (tertiary/aromatic N) is 2. The predicted molar refractivity (Wildman–Crippen MR) is 140 cm³/mol. The van der Waals surface area contributed by atoms with Crippen molar-refractivity contribution in [1.29, 1.82) is 0 Å². The number of rotatable bonds is 8. The van der Waals surface area contributed by atoms with Gasteiger partial charge in [0.2, 0.25) is 0 Å². The number of aromatic nitrogens is 2. The van der Waals surface area contributed by atoms with Crippen LogP contribution in [-0.4, -0.2) is 45.1 Å². The summed E-state index contributed by atoms with van der Waals surface area (Å²) in [4.78, 5) is 22.4. The van der Waals surface area contributed by atoms with Crippen LogP contribution in [0.3, 0.4) is 0 Å². The Kier molecular flexibility index (Phi) is 6.71. The van der Waals surface area contributed by atoms with Crippen molar-refractivity contribution in [2.24, 2.45) is 5.73 Å². The molecule has 1 amide bonds. The molecule has 1 atom stereocenters. The third kappa shape index (κ3) is 4.57. The van der Waals surface area contributed by atoms with E-state index in [1.165, 1.54) is 23.9 Å². The molecule has 36 heavy (non-hydrogen) atoms. The van der Waals surface area contributed by atoms with E-state index in [0.29, 0.717) is 16.9 Å². The van der Waals surface area contributed by atoms with E-state index in [2.05, 4.69) is 33.2 Å². The van der Waals surface area contributed by atoms with E-state index in [-0.39, 0.29) is 18.5 Å². The average Bonchev–Trinajstić information content (AvgIpc) is 3.51. The van der Waals surface area contributed by atoms with Crippen molar-refractivity contribution in [3.8, 4) is 11.3 Å². The molecule has 2 aromatic heterocycles. The first kappa shape index (κ1) is 24.0. The number of H-pyrrole nitrogens is 1. The summed E-state index contributed by atoms with van der Waals surface area (Å²) in [6.45, 7) is 4.01. The molecule has 5 N–H and O–H groups in total. The van der Waals surface area contributed by atoms with Gasteiger partial charge in [0.15, 0.2) is 0 Å². The first-order valence-corrected chi connectivity index (χ1v) is 12.3. The second-order valence-corrected chi connectivity index (χ2v) is 9.23. The lowest BCUT2D eigenvalue weighted by atomic mass is 10.0. The van der Waals surface area contributed by atoms with Crippen LogP contribution in [0.4, 0.5) is 15.8 Å². The van der Waals surface area contributed by atoms with Gasteiger partial charge in [0.1, 0.15) is 11.5 Å². The lowest BCUT2D eigenvalue weighted by Crippen LogP contribution is -2.32. The Morgan fingerprint density at radius 2 is 2.08 bits per heavy atom. The van der Waals surface area contributed by atoms with E-state index in [1.54, 1.807) is 12.1 Å². The van der Waals surface area contributed by atoms with Crippen molar-refractivity contribution < 1.29 is 14.3 Å². The van der Waals surface area contributed by atoms with Gasteiger partial charge in [-0.2, -0.15) is 0 Å². The molecule has 1 fully saturated rings. The number of aliphatic hydroxyl groups excluding tert-OH is 1. The van der Waals surface area contributed by atoms with Crippen molar-refractivity contribution in [1.82, 2.24) is 14.9 Å². The molecule has 5 rings (SSSR count). The Hall–Kier alpha value is -3.75. The first-order valence-electron chi connectivity index (χ1n) is 12.3. The molecular formula is C28H30FN5O2. The van der Waals surface area contributed by atoms with Crippen molar-refractivity contribution >= 4 is 28.3 Å². The minimum absolute atomic E-state index is 0.167. The second kappa shape index (κ2) is 10.1. The van der Waals surface area contributed by atoms with Gasteiger partial charge < -0.3 is 21.1 Å². The first-order chi connectivity index (χ1) is 17.5. The summed E-state index contributed by atoms with van der Waals surface area (Å²) >= 11 is 0. The lowest BCUT2D eigenvalue weighted by Gasteiger charge is -2.25. The average molecular weight is 488 g/mol. The Bertz CT molecular complexity index is 1400. The van der Waals surface area contributed by atoms with E-state index in [0.717, 1.165) is 60.2 Å². The van der Waals surface area contributed by atoms with Crippen LogP contribution in [0, 0.1) is 5.82 Å². The number of aromatic amines is 1. The third-order valence-corrected chi connectivity index (χ3v) is 7.05. The van der Waals surface area contributed by atoms with Gasteiger partial charge in [-0.3, -0.25) is 9.69 Å². The quantitative estimate of drug-likeness (QED) is 0.287. The summed E-state index contributed by atoms with van der Waals surface area (Å²) in [6, 6.07) is 14.4. The highest BCUT2D eigenvalue weighted by Crippen LogP contribution is 2.35. The van der Waals surface area contributed by atoms with Gasteiger partial charge in [-0.25, -0.2) is 9.37 Å². The molecule has 0 bridgehead atoms. The predicted octanol–water partition coefficient (Wildman–Crippen LogP) is 4.73. The number of carbonyl (C=O) groups excluding carboxylic acids is 1. The number of anilines is 2. The second-order valence-electron chi connectivity index (χ2n) is 9.23. The van der Waals surface area contributed by atoms with E-state index < -0.39 is 5.91 Å². The number of primary amides is 1. The van der Waals surface area contributed by atoms with E-state index in [1.807, 2.05) is 18.2 Å². The zero-order chi connectivity index (χ0) is 25.2. The van der Waals surface area contributed by atoms with Crippen LogP contribution >= 0.6 is 0 Å². The number of pyridine rings is 1. The fraction of sp³-hybridized carbons (Fsp3) is 0.286. The maximum atomic E-state index is 13.4. The number of carbonyl (C=O) groups is 1. The van der Waals surface area contributed by atoms with Crippen LogP contribution in [0.1, 0.15) is 41.3 Å². The zero-order valence-electron chi connectivity index (χ0n) is 20.2. The minimum atomic E-state index is -0.575. The van der Waals surface area contributed by atoms with Gasteiger partial charge in [0.25, 0.3) is 5.91 Å². The maximum absolute atomic E-state index is 13.4. The topological polar surface area (TPSA) is 107 Å². The number of nitrogens with two attached hydrogens (primary N) is 1. The highest BCUT2D eigenvalue weighted by molar-refractivity contribution is 6.08. The van der Waals surface area contributed by atoms with Gasteiger partial charge in [0, 0.05) is 35.6 Å². The number of fused-ring (bicyclic) bond motifs is 1. The van der Waals surface area contributed by atoms with Crippen LogP contribution in [0.15, 0.2) is 54.7 Å². The number of hydrogen-bond acceptors (Lipinski definition) is 5. The van der Waals surface area contributed by atoms with Crippen LogP contribution in [0.5, 0.6) is 0 Å². The summed E-state index contributed by atoms with van der Waals surface area (Å²) in [5.74, 6) is -0.883. The Morgan fingerprint density at radius 1 is 1.28 bits per heavy atom. The largest absolute Gasteiger partial charge is 0.395 e. The number of halogens is 1. The summed E-state index contributed by atoms with van der Waals surface area (Å²) in [5, 5.41) is 14.0. The molecule has 8 heteroatoms. The molecule has 1 aliphatic heterocycles. The molecule has 1 saturated heterocycles. The smallest absolute Gasteiger partial charge is 0.252 e. The zero-order valence-corrected chi connectivity index (χ0v) is 20.2. The standard InChI is InChI=1S/C28H30FN5O2/c1-2-21-18(15-34-12-4-6-20(34)16-35)5-3-7-24(21)32-26-22-13-25(17-8-10-19(29)11-9-17)33-28(22)31-14-23(26)27(30)36/h3,5,7-11,13-14,20,35H,2,4,6,12,15-16H2,1H3,(H2,30,36)(H2,31,32,33)/t20-/m1/s1. The molecule has 0 radical (unpaired) electrons. The molecule has 0 saturated carbocycles. The third-order valence-electron chi connectivity index (χ3n) is 7.05. The highest BCUT2D eigenvalue weighted by Gasteiger charge is 2.25. The van der Waals surface area contributed by atoms with Crippen molar-refractivity contribution in [2.75, 3.05) is 18.5 Å². The fourth-order valence-electron chi connectivity index (χ4n) is 5.16. The molecule has 3 heterocycles. The summed E-state index contributed by atoms with van der Waals surface area (Å²) in [5.41, 5.74) is 12.0. The van der Waals surface area contributed by atoms with Crippen LogP contribution in [0.2, 0.25) is 0 Å². The van der Waals surface area contributed by atoms with Crippen LogP contribution in [0.25, 0.3) is 22.3 Å². The van der Waals surface area contributed by atoms with Crippen molar-refractivity contribution in [2.45, 2.75) is 38.8 Å². The van der Waals surface area contributed by atoms with Gasteiger partial charge in [0.05, 0.1) is 17.9 Å². The SMILES string of the molecule is CCc1c(CN2CCC[C@@H]2CO)cccc1Nc1c(C(N)=O)cnc2[nH]c(-c3ccc(F)cc3)cc12. The van der Waals surface area contributed by atoms with E-state index in [9.17, 15) is 14.3 Å². The van der Waals surface area contributed by atoms with E-state index >= 15 is 0 Å². The summed E-state index contributed by atoms with van der Waals surface area (Å²) in [7, 11) is 0. The van der Waals surface area contributed by atoms with Crippen LogP contribution < -0.4 is 11.1 Å². The molecule has 7 nitrogen and oxygen atoms in total. The van der Waals surface area contributed by atoms with Gasteiger partial charge in [-0.1, -0.05) is 19.1 Å². The Labute approximate surface area is 209 Å². The van der Waals surface area contributed by atoms with Crippen LogP contribution in [-0.2, 0) is 13.0 Å². The summed E-state index contributed by atoms with van der Waals surface area (Å²) in [6.07, 6.45) is 4.37. The Balaban J connectivity index is 1.56. The Morgan fingerprint density at radius 3 is 2.81 bits per heavy atom. The number of benzene rings is 2. The molecule has 1 aliphatic rings. The maximum Gasteiger partial charge on any atom is 0.252 e. The normalized spacial score (nSPS) is 16.0. The molecule has 0 spiro atoms.